The zero-order valence-electron chi connectivity index (χ0n) is 18.8. The quantitative estimate of drug-likeness (QED) is 0.534. The van der Waals surface area contributed by atoms with E-state index in [0.29, 0.717) is 30.7 Å². The molecule has 0 spiro atoms. The van der Waals surface area contributed by atoms with Crippen molar-refractivity contribution in [3.8, 4) is 11.8 Å². The summed E-state index contributed by atoms with van der Waals surface area (Å²) in [5.74, 6) is 3.22. The third kappa shape index (κ3) is 12.7. The second kappa shape index (κ2) is 19.0. The maximum Gasteiger partial charge on any atom is 0.318 e. The van der Waals surface area contributed by atoms with E-state index in [1.807, 2.05) is 27.7 Å². The predicted octanol–water partition coefficient (Wildman–Crippen LogP) is 4.26. The largest absolute Gasteiger partial charge is 0.468 e. The Morgan fingerprint density at radius 2 is 1.86 bits per heavy atom. The first-order chi connectivity index (χ1) is 14.0. The minimum absolute atomic E-state index is 0.319. The topological polar surface area (TPSA) is 92.0 Å². The highest BCUT2D eigenvalue weighted by molar-refractivity contribution is 7.15. The summed E-state index contributed by atoms with van der Waals surface area (Å²) in [5.41, 5.74) is 0. The second-order valence-electron chi connectivity index (χ2n) is 5.61. The minimum Gasteiger partial charge on any atom is -0.468 e. The lowest BCUT2D eigenvalue weighted by atomic mass is 9.88. The van der Waals surface area contributed by atoms with Crippen molar-refractivity contribution in [2.45, 2.75) is 60.8 Å². The first-order valence-corrected chi connectivity index (χ1v) is 10.4. The fourth-order valence-corrected chi connectivity index (χ4v) is 1.97. The molecule has 0 aliphatic heterocycles. The van der Waals surface area contributed by atoms with Crippen LogP contribution in [0.2, 0.25) is 0 Å². The van der Waals surface area contributed by atoms with E-state index >= 15 is 0 Å². The van der Waals surface area contributed by atoms with Crippen LogP contribution < -0.4 is 4.74 Å². The lowest BCUT2D eigenvalue weighted by Gasteiger charge is -2.18. The highest BCUT2D eigenvalue weighted by atomic mass is 31.0. The Hall–Kier alpha value is -2.34. The molecule has 1 aliphatic rings. The minimum atomic E-state index is 0.319. The molecule has 8 nitrogen and oxygen atoms in total. The monoisotopic (exact) mass is 425 g/mol. The Kier molecular flexibility index (Phi) is 18.9. The summed E-state index contributed by atoms with van der Waals surface area (Å²) in [6.45, 7) is 12.7. The molecule has 0 aromatic carbocycles. The molecule has 0 atom stereocenters. The van der Waals surface area contributed by atoms with Gasteiger partial charge in [-0.15, -0.1) is 14.0 Å². The number of aryl methyl sites for hydroxylation is 2. The summed E-state index contributed by atoms with van der Waals surface area (Å²) < 4.78 is 10.7. The molecule has 0 unspecified atom stereocenters. The molecular formula is C20H36N5O3P. The first-order valence-electron chi connectivity index (χ1n) is 9.70. The normalized spacial score (nSPS) is 11.3. The maximum atomic E-state index is 9.18. The SMILES string of the molecule is C=P.CC.CC1CCC1.CCOC=O.COc1nccc(-n2nc(C)nc2C)n1. The molecule has 2 aromatic rings. The molecule has 9 heteroatoms. The third-order valence-corrected chi connectivity index (χ3v) is 3.52. The average Bonchev–Trinajstić information content (AvgIpc) is 3.09. The van der Waals surface area contributed by atoms with E-state index < -0.39 is 0 Å². The molecule has 3 rings (SSSR count). The van der Waals surface area contributed by atoms with Gasteiger partial charge < -0.3 is 9.47 Å². The molecule has 1 saturated carbocycles. The Morgan fingerprint density at radius 1 is 1.28 bits per heavy atom. The van der Waals surface area contributed by atoms with Crippen LogP contribution in [-0.2, 0) is 9.53 Å². The smallest absolute Gasteiger partial charge is 0.318 e. The van der Waals surface area contributed by atoms with Crippen molar-refractivity contribution < 1.29 is 14.3 Å². The van der Waals surface area contributed by atoms with Gasteiger partial charge in [-0.25, -0.2) is 9.97 Å². The number of carbonyl (C=O) groups is 1. The van der Waals surface area contributed by atoms with Gasteiger partial charge in [-0.3, -0.25) is 4.79 Å². The van der Waals surface area contributed by atoms with Crippen molar-refractivity contribution in [2.24, 2.45) is 5.92 Å². The summed E-state index contributed by atoms with van der Waals surface area (Å²) in [6.07, 6.45) is 9.14. The molecule has 0 amide bonds. The lowest BCUT2D eigenvalue weighted by Crippen LogP contribution is -2.04. The molecule has 0 N–H and O–H groups in total. The highest BCUT2D eigenvalue weighted by Gasteiger charge is 2.09. The van der Waals surface area contributed by atoms with Crippen LogP contribution in [0, 0.1) is 19.8 Å². The number of nitrogens with zero attached hydrogens (tertiary/aromatic N) is 5. The summed E-state index contributed by atoms with van der Waals surface area (Å²) in [5, 5.41) is 4.22. The molecule has 0 radical (unpaired) electrons. The van der Waals surface area contributed by atoms with Gasteiger partial charge >= 0.3 is 6.01 Å². The van der Waals surface area contributed by atoms with Crippen LogP contribution in [0.4, 0.5) is 0 Å². The number of hydrogen-bond donors (Lipinski definition) is 0. The van der Waals surface area contributed by atoms with Crippen molar-refractivity contribution >= 4 is 21.6 Å². The van der Waals surface area contributed by atoms with Gasteiger partial charge in [-0.2, -0.15) is 9.67 Å². The lowest BCUT2D eigenvalue weighted by molar-refractivity contribution is -0.128. The Labute approximate surface area is 177 Å². The highest BCUT2D eigenvalue weighted by Crippen LogP contribution is 2.24. The zero-order valence-corrected chi connectivity index (χ0v) is 19.8. The molecule has 1 aliphatic carbocycles. The van der Waals surface area contributed by atoms with Crippen LogP contribution in [-0.4, -0.2) is 51.2 Å². The fourth-order valence-electron chi connectivity index (χ4n) is 1.97. The van der Waals surface area contributed by atoms with E-state index in [2.05, 4.69) is 46.9 Å². The fraction of sp³-hybridized carbons (Fsp3) is 0.600. The average molecular weight is 426 g/mol. The third-order valence-electron chi connectivity index (χ3n) is 3.52. The van der Waals surface area contributed by atoms with Crippen LogP contribution in [0.5, 0.6) is 6.01 Å². The van der Waals surface area contributed by atoms with Gasteiger partial charge in [0.05, 0.1) is 13.7 Å². The van der Waals surface area contributed by atoms with Crippen molar-refractivity contribution in [1.29, 1.82) is 0 Å². The van der Waals surface area contributed by atoms with Gasteiger partial charge in [-0.05, 0) is 26.7 Å². The molecule has 2 aromatic heterocycles. The number of ether oxygens (including phenoxy) is 2. The van der Waals surface area contributed by atoms with Crippen LogP contribution in [0.15, 0.2) is 12.3 Å². The molecular weight excluding hydrogens is 389 g/mol. The Bertz CT molecular complexity index is 663. The molecule has 0 saturated heterocycles. The predicted molar refractivity (Wildman–Crippen MR) is 120 cm³/mol. The van der Waals surface area contributed by atoms with Crippen molar-refractivity contribution in [3.05, 3.63) is 23.9 Å². The van der Waals surface area contributed by atoms with Crippen molar-refractivity contribution in [3.63, 3.8) is 0 Å². The number of rotatable bonds is 4. The van der Waals surface area contributed by atoms with Crippen LogP contribution in [0.25, 0.3) is 5.82 Å². The Balaban J connectivity index is 0. The van der Waals surface area contributed by atoms with Crippen LogP contribution in [0.3, 0.4) is 0 Å². The zero-order chi connectivity index (χ0) is 22.7. The number of aromatic nitrogens is 5. The molecule has 0 bridgehead atoms. The molecule has 29 heavy (non-hydrogen) atoms. The van der Waals surface area contributed by atoms with Gasteiger partial charge in [0.1, 0.15) is 11.6 Å². The summed E-state index contributed by atoms with van der Waals surface area (Å²) >= 11 is 0. The first kappa shape index (κ1) is 28.9. The van der Waals surface area contributed by atoms with Crippen LogP contribution in [0.1, 0.15) is 58.6 Å². The van der Waals surface area contributed by atoms with Gasteiger partial charge in [0.25, 0.3) is 6.47 Å². The van der Waals surface area contributed by atoms with Gasteiger partial charge in [0.2, 0.25) is 0 Å². The molecule has 1 fully saturated rings. The van der Waals surface area contributed by atoms with E-state index in [4.69, 9.17) is 4.74 Å². The number of hydrogen-bond acceptors (Lipinski definition) is 7. The standard InChI is InChI=1S/C9H11N5O.C5H10.C3H6O2.C2H6.CH3P/c1-6-11-7(2)14(13-6)8-4-5-10-9(12-8)15-3;1-5-3-2-4-5;1-2-5-3-4;2*1-2/h4-5H,1-3H3;5H,2-4H2,1H3;3H,2H2,1H3;1-2H3;2H,1H2. The van der Waals surface area contributed by atoms with Crippen molar-refractivity contribution in [2.75, 3.05) is 13.7 Å². The van der Waals surface area contributed by atoms with Crippen LogP contribution >= 0.6 is 8.86 Å². The van der Waals surface area contributed by atoms with Gasteiger partial charge in [-0.1, -0.05) is 46.3 Å². The molecule has 164 valence electrons. The van der Waals surface area contributed by atoms with E-state index in [9.17, 15) is 4.79 Å². The van der Waals surface area contributed by atoms with Gasteiger partial charge in [0, 0.05) is 12.3 Å². The summed E-state index contributed by atoms with van der Waals surface area (Å²) in [6, 6.07) is 2.07. The number of methoxy groups -OCH3 is 1. The van der Waals surface area contributed by atoms with E-state index in [1.54, 1.807) is 23.9 Å². The van der Waals surface area contributed by atoms with Gasteiger partial charge in [0.15, 0.2) is 5.82 Å². The second-order valence-corrected chi connectivity index (χ2v) is 5.61. The van der Waals surface area contributed by atoms with E-state index in [1.165, 1.54) is 26.4 Å². The Morgan fingerprint density at radius 3 is 2.17 bits per heavy atom. The maximum absolute atomic E-state index is 9.18. The number of carbonyl (C=O) groups excluding carboxylic acids is 1. The van der Waals surface area contributed by atoms with E-state index in [0.717, 1.165) is 11.7 Å². The van der Waals surface area contributed by atoms with Crippen molar-refractivity contribution in [1.82, 2.24) is 24.7 Å². The molecule has 2 heterocycles. The summed E-state index contributed by atoms with van der Waals surface area (Å²) in [4.78, 5) is 21.5. The summed E-state index contributed by atoms with van der Waals surface area (Å²) in [7, 11) is 4.25. The van der Waals surface area contributed by atoms with E-state index in [-0.39, 0.29) is 0 Å².